The van der Waals surface area contributed by atoms with Crippen molar-refractivity contribution in [3.05, 3.63) is 41.7 Å². The SMILES string of the molecule is O=C(O)c1ccn(Cc2ccc3c(c2)OCO3)n1. The van der Waals surface area contributed by atoms with Crippen molar-refractivity contribution < 1.29 is 19.4 Å². The summed E-state index contributed by atoms with van der Waals surface area (Å²) < 4.78 is 12.1. The van der Waals surface area contributed by atoms with Gasteiger partial charge in [-0.2, -0.15) is 5.10 Å². The minimum absolute atomic E-state index is 0.0377. The van der Waals surface area contributed by atoms with Crippen LogP contribution in [0.4, 0.5) is 0 Å². The number of carboxylic acids is 1. The Morgan fingerprint density at radius 2 is 2.17 bits per heavy atom. The zero-order valence-corrected chi connectivity index (χ0v) is 9.37. The molecular formula is C12H10N2O4. The Hall–Kier alpha value is -2.50. The Labute approximate surface area is 102 Å². The molecule has 0 radical (unpaired) electrons. The number of benzene rings is 1. The van der Waals surface area contributed by atoms with Gasteiger partial charge >= 0.3 is 5.97 Å². The summed E-state index contributed by atoms with van der Waals surface area (Å²) >= 11 is 0. The molecule has 1 aliphatic heterocycles. The summed E-state index contributed by atoms with van der Waals surface area (Å²) in [5, 5.41) is 12.7. The number of carboxylic acid groups (broad SMARTS) is 1. The minimum atomic E-state index is -1.03. The van der Waals surface area contributed by atoms with Crippen LogP contribution in [0, 0.1) is 0 Å². The van der Waals surface area contributed by atoms with E-state index >= 15 is 0 Å². The molecule has 0 saturated carbocycles. The van der Waals surface area contributed by atoms with Crippen LogP contribution in [0.15, 0.2) is 30.5 Å². The number of aromatic nitrogens is 2. The second-order valence-electron chi connectivity index (χ2n) is 3.89. The lowest BCUT2D eigenvalue weighted by molar-refractivity contribution is 0.0689. The van der Waals surface area contributed by atoms with E-state index in [1.807, 2.05) is 18.2 Å². The van der Waals surface area contributed by atoms with Crippen LogP contribution in [-0.2, 0) is 6.54 Å². The number of aromatic carboxylic acids is 1. The normalized spacial score (nSPS) is 12.7. The molecule has 0 fully saturated rings. The molecule has 92 valence electrons. The summed E-state index contributed by atoms with van der Waals surface area (Å²) in [6.45, 7) is 0.730. The Kier molecular flexibility index (Phi) is 2.40. The van der Waals surface area contributed by atoms with Crippen molar-refractivity contribution in [3.8, 4) is 11.5 Å². The molecule has 6 nitrogen and oxygen atoms in total. The van der Waals surface area contributed by atoms with Gasteiger partial charge in [-0.1, -0.05) is 6.07 Å². The predicted octanol–water partition coefficient (Wildman–Crippen LogP) is 1.36. The first-order valence-electron chi connectivity index (χ1n) is 5.37. The molecule has 0 saturated heterocycles. The van der Waals surface area contributed by atoms with Gasteiger partial charge < -0.3 is 14.6 Å². The number of hydrogen-bond acceptors (Lipinski definition) is 4. The third kappa shape index (κ3) is 1.88. The van der Waals surface area contributed by atoms with Crippen LogP contribution in [0.2, 0.25) is 0 Å². The first-order chi connectivity index (χ1) is 8.72. The number of hydrogen-bond donors (Lipinski definition) is 1. The molecule has 0 amide bonds. The fourth-order valence-electron chi connectivity index (χ4n) is 1.79. The Morgan fingerprint density at radius 1 is 1.33 bits per heavy atom. The van der Waals surface area contributed by atoms with E-state index in [2.05, 4.69) is 5.10 Å². The molecule has 1 aliphatic rings. The minimum Gasteiger partial charge on any atom is -0.476 e. The Morgan fingerprint density at radius 3 is 2.94 bits per heavy atom. The second-order valence-corrected chi connectivity index (χ2v) is 3.89. The van der Waals surface area contributed by atoms with Gasteiger partial charge in [0.1, 0.15) is 0 Å². The predicted molar refractivity (Wildman–Crippen MR) is 60.9 cm³/mol. The standard InChI is InChI=1S/C12H10N2O4/c15-12(16)9-3-4-14(13-9)6-8-1-2-10-11(5-8)18-7-17-10/h1-5H,6-7H2,(H,15,16). The zero-order chi connectivity index (χ0) is 12.5. The molecule has 3 rings (SSSR count). The highest BCUT2D eigenvalue weighted by molar-refractivity contribution is 5.85. The summed E-state index contributed by atoms with van der Waals surface area (Å²) in [5.41, 5.74) is 1.01. The summed E-state index contributed by atoms with van der Waals surface area (Å²) in [5.74, 6) is 0.406. The maximum absolute atomic E-state index is 10.7. The molecule has 0 unspecified atom stereocenters. The topological polar surface area (TPSA) is 73.6 Å². The molecule has 2 aromatic rings. The largest absolute Gasteiger partial charge is 0.476 e. The van der Waals surface area contributed by atoms with Crippen LogP contribution in [0.1, 0.15) is 16.1 Å². The Balaban J connectivity index is 1.81. The average Bonchev–Trinajstić information content (AvgIpc) is 2.96. The number of ether oxygens (including phenoxy) is 2. The van der Waals surface area contributed by atoms with E-state index in [-0.39, 0.29) is 12.5 Å². The van der Waals surface area contributed by atoms with Gasteiger partial charge in [0.2, 0.25) is 6.79 Å². The van der Waals surface area contributed by atoms with Crippen molar-refractivity contribution in [1.29, 1.82) is 0 Å². The summed E-state index contributed by atoms with van der Waals surface area (Å²) in [4.78, 5) is 10.7. The van der Waals surface area contributed by atoms with E-state index in [9.17, 15) is 4.79 Å². The van der Waals surface area contributed by atoms with Crippen LogP contribution in [0.5, 0.6) is 11.5 Å². The highest BCUT2D eigenvalue weighted by Crippen LogP contribution is 2.32. The van der Waals surface area contributed by atoms with Gasteiger partial charge in [0, 0.05) is 6.20 Å². The second kappa shape index (κ2) is 4.06. The molecule has 2 heterocycles. The van der Waals surface area contributed by atoms with E-state index < -0.39 is 5.97 Å². The van der Waals surface area contributed by atoms with Crippen LogP contribution in [-0.4, -0.2) is 27.6 Å². The molecular weight excluding hydrogens is 236 g/mol. The van der Waals surface area contributed by atoms with Gasteiger partial charge in [-0.05, 0) is 23.8 Å². The van der Waals surface area contributed by atoms with Crippen molar-refractivity contribution in [3.63, 3.8) is 0 Å². The lowest BCUT2D eigenvalue weighted by Crippen LogP contribution is -2.03. The van der Waals surface area contributed by atoms with Gasteiger partial charge in [-0.25, -0.2) is 4.79 Å². The fraction of sp³-hybridized carbons (Fsp3) is 0.167. The molecule has 0 atom stereocenters. The average molecular weight is 246 g/mol. The lowest BCUT2D eigenvalue weighted by atomic mass is 10.2. The van der Waals surface area contributed by atoms with Gasteiger partial charge in [0.05, 0.1) is 6.54 Å². The molecule has 18 heavy (non-hydrogen) atoms. The molecule has 1 N–H and O–H groups in total. The third-order valence-electron chi connectivity index (χ3n) is 2.64. The summed E-state index contributed by atoms with van der Waals surface area (Å²) in [6, 6.07) is 7.06. The van der Waals surface area contributed by atoms with Crippen molar-refractivity contribution in [2.45, 2.75) is 6.54 Å². The molecule has 0 bridgehead atoms. The van der Waals surface area contributed by atoms with Gasteiger partial charge in [0.25, 0.3) is 0 Å². The fourth-order valence-corrected chi connectivity index (χ4v) is 1.79. The van der Waals surface area contributed by atoms with E-state index in [0.29, 0.717) is 12.3 Å². The number of fused-ring (bicyclic) bond motifs is 1. The first kappa shape index (κ1) is 10.6. The highest BCUT2D eigenvalue weighted by atomic mass is 16.7. The number of nitrogens with zero attached hydrogens (tertiary/aromatic N) is 2. The molecule has 1 aromatic heterocycles. The van der Waals surface area contributed by atoms with Crippen LogP contribution < -0.4 is 9.47 Å². The monoisotopic (exact) mass is 246 g/mol. The Bertz CT molecular complexity index is 606. The van der Waals surface area contributed by atoms with Gasteiger partial charge in [0.15, 0.2) is 17.2 Å². The maximum atomic E-state index is 10.7. The zero-order valence-electron chi connectivity index (χ0n) is 9.37. The molecule has 6 heteroatoms. The van der Waals surface area contributed by atoms with Crippen molar-refractivity contribution in [1.82, 2.24) is 9.78 Å². The highest BCUT2D eigenvalue weighted by Gasteiger charge is 2.13. The van der Waals surface area contributed by atoms with E-state index in [1.165, 1.54) is 6.07 Å². The maximum Gasteiger partial charge on any atom is 0.356 e. The smallest absolute Gasteiger partial charge is 0.356 e. The van der Waals surface area contributed by atoms with Gasteiger partial charge in [-0.3, -0.25) is 4.68 Å². The third-order valence-corrected chi connectivity index (χ3v) is 2.64. The van der Waals surface area contributed by atoms with Crippen LogP contribution in [0.25, 0.3) is 0 Å². The van der Waals surface area contributed by atoms with E-state index in [0.717, 1.165) is 11.3 Å². The van der Waals surface area contributed by atoms with Gasteiger partial charge in [-0.15, -0.1) is 0 Å². The number of rotatable bonds is 3. The molecule has 0 spiro atoms. The van der Waals surface area contributed by atoms with Crippen LogP contribution in [0.3, 0.4) is 0 Å². The van der Waals surface area contributed by atoms with Crippen molar-refractivity contribution in [2.24, 2.45) is 0 Å². The lowest BCUT2D eigenvalue weighted by Gasteiger charge is -2.03. The summed E-state index contributed by atoms with van der Waals surface area (Å²) in [6.07, 6.45) is 1.63. The van der Waals surface area contributed by atoms with E-state index in [1.54, 1.807) is 10.9 Å². The first-order valence-corrected chi connectivity index (χ1v) is 5.37. The number of carbonyl (C=O) groups is 1. The van der Waals surface area contributed by atoms with Crippen molar-refractivity contribution in [2.75, 3.05) is 6.79 Å². The summed E-state index contributed by atoms with van der Waals surface area (Å²) in [7, 11) is 0. The van der Waals surface area contributed by atoms with Crippen molar-refractivity contribution >= 4 is 5.97 Å². The molecule has 0 aliphatic carbocycles. The van der Waals surface area contributed by atoms with E-state index in [4.69, 9.17) is 14.6 Å². The quantitative estimate of drug-likeness (QED) is 0.885. The molecule has 1 aromatic carbocycles. The van der Waals surface area contributed by atoms with Crippen LogP contribution >= 0.6 is 0 Å².